The van der Waals surface area contributed by atoms with Gasteiger partial charge < -0.3 is 10.1 Å². The summed E-state index contributed by atoms with van der Waals surface area (Å²) >= 11 is 7.46. The lowest BCUT2D eigenvalue weighted by Gasteiger charge is -2.12. The quantitative estimate of drug-likeness (QED) is 0.326. The summed E-state index contributed by atoms with van der Waals surface area (Å²) in [5, 5.41) is 7.81. The predicted molar refractivity (Wildman–Crippen MR) is 121 cm³/mol. The molecule has 0 aliphatic heterocycles. The highest BCUT2D eigenvalue weighted by Crippen LogP contribution is 2.24. The van der Waals surface area contributed by atoms with Gasteiger partial charge in [0.2, 0.25) is 0 Å². The van der Waals surface area contributed by atoms with Gasteiger partial charge in [-0.1, -0.05) is 41.6 Å². The fraction of sp³-hybridized carbons (Fsp3) is 0.0952. The molecule has 1 N–H and O–H groups in total. The summed E-state index contributed by atoms with van der Waals surface area (Å²) in [6, 6.07) is 14.3. The highest BCUT2D eigenvalue weighted by molar-refractivity contribution is 7.98. The van der Waals surface area contributed by atoms with Gasteiger partial charge in [-0.05, 0) is 36.6 Å². The Bertz CT molecular complexity index is 1240. The van der Waals surface area contributed by atoms with Crippen molar-refractivity contribution in [3.63, 3.8) is 0 Å². The molecule has 0 bridgehead atoms. The van der Waals surface area contributed by atoms with Crippen molar-refractivity contribution in [3.8, 4) is 11.4 Å². The number of aromatic nitrogens is 5. The van der Waals surface area contributed by atoms with E-state index in [2.05, 4.69) is 20.4 Å². The molecule has 0 fully saturated rings. The third-order valence-corrected chi connectivity index (χ3v) is 5.26. The van der Waals surface area contributed by atoms with Gasteiger partial charge in [-0.25, -0.2) is 19.4 Å². The van der Waals surface area contributed by atoms with E-state index in [1.807, 2.05) is 36.6 Å². The van der Waals surface area contributed by atoms with Crippen LogP contribution in [0.25, 0.3) is 11.4 Å². The van der Waals surface area contributed by atoms with E-state index in [4.69, 9.17) is 16.3 Å². The van der Waals surface area contributed by atoms with Crippen LogP contribution in [0.1, 0.15) is 10.5 Å². The molecule has 0 atom stereocenters. The van der Waals surface area contributed by atoms with Crippen LogP contribution in [0.15, 0.2) is 72.5 Å². The monoisotopic (exact) mass is 468 g/mol. The number of halogens is 1. The van der Waals surface area contributed by atoms with E-state index in [9.17, 15) is 9.59 Å². The number of nitrogens with zero attached hydrogens (tertiary/aromatic N) is 5. The zero-order valence-electron chi connectivity index (χ0n) is 16.8. The number of anilines is 1. The van der Waals surface area contributed by atoms with E-state index < -0.39 is 18.5 Å². The van der Waals surface area contributed by atoms with Crippen molar-refractivity contribution in [1.82, 2.24) is 24.3 Å². The Hall–Kier alpha value is -3.63. The summed E-state index contributed by atoms with van der Waals surface area (Å²) in [7, 11) is 0. The highest BCUT2D eigenvalue weighted by Gasteiger charge is 2.20. The number of nitrogens with one attached hydrogen (secondary N) is 1. The molecule has 2 aromatic carbocycles. The van der Waals surface area contributed by atoms with Gasteiger partial charge in [0.1, 0.15) is 12.7 Å². The first-order valence-electron chi connectivity index (χ1n) is 9.35. The molecule has 0 saturated carbocycles. The van der Waals surface area contributed by atoms with Gasteiger partial charge >= 0.3 is 5.97 Å². The van der Waals surface area contributed by atoms with Gasteiger partial charge in [-0.15, -0.1) is 0 Å². The van der Waals surface area contributed by atoms with Crippen LogP contribution in [0.4, 0.5) is 5.69 Å². The van der Waals surface area contributed by atoms with Gasteiger partial charge in [0.05, 0.1) is 17.6 Å². The fourth-order valence-electron chi connectivity index (χ4n) is 2.98. The third kappa shape index (κ3) is 4.66. The zero-order valence-corrected chi connectivity index (χ0v) is 18.4. The Morgan fingerprint density at radius 1 is 1.19 bits per heavy atom. The lowest BCUT2D eigenvalue weighted by molar-refractivity contribution is -0.119. The first-order valence-corrected chi connectivity index (χ1v) is 11.0. The fourth-order valence-corrected chi connectivity index (χ4v) is 3.70. The van der Waals surface area contributed by atoms with Crippen molar-refractivity contribution in [2.24, 2.45) is 0 Å². The Kier molecular flexibility index (Phi) is 6.52. The van der Waals surface area contributed by atoms with E-state index in [1.54, 1.807) is 22.8 Å². The number of amides is 1. The molecule has 0 unspecified atom stereocenters. The van der Waals surface area contributed by atoms with E-state index >= 15 is 0 Å². The van der Waals surface area contributed by atoms with E-state index in [-0.39, 0.29) is 5.69 Å². The molecule has 162 valence electrons. The first kappa shape index (κ1) is 21.6. The highest BCUT2D eigenvalue weighted by atomic mass is 35.5. The average molecular weight is 469 g/mol. The second kappa shape index (κ2) is 9.67. The van der Waals surface area contributed by atoms with Crippen molar-refractivity contribution >= 4 is 40.9 Å². The summed E-state index contributed by atoms with van der Waals surface area (Å²) in [5.41, 5.74) is 1.96. The van der Waals surface area contributed by atoms with Crippen molar-refractivity contribution in [1.29, 1.82) is 0 Å². The van der Waals surface area contributed by atoms with Crippen molar-refractivity contribution < 1.29 is 14.3 Å². The molecule has 0 saturated heterocycles. The average Bonchev–Trinajstić information content (AvgIpc) is 3.48. The number of carbonyl (C=O) groups is 2. The van der Waals surface area contributed by atoms with Crippen LogP contribution in [0, 0.1) is 0 Å². The smallest absolute Gasteiger partial charge is 0.357 e. The van der Waals surface area contributed by atoms with Crippen LogP contribution < -0.4 is 5.32 Å². The maximum atomic E-state index is 12.7. The number of esters is 1. The van der Waals surface area contributed by atoms with Crippen LogP contribution in [-0.2, 0) is 9.53 Å². The SMILES string of the molecule is CSc1ncc(C(=O)OCC(=O)Nc2cc(Cl)ccc2-n2cncn2)n1-c1ccccc1. The molecule has 1 amide bonds. The number of thioether (sulfide) groups is 1. The Morgan fingerprint density at radius 2 is 2.00 bits per heavy atom. The van der Waals surface area contributed by atoms with Gasteiger partial charge in [0.25, 0.3) is 5.91 Å². The van der Waals surface area contributed by atoms with Gasteiger partial charge in [0, 0.05) is 10.7 Å². The third-order valence-electron chi connectivity index (χ3n) is 4.37. The van der Waals surface area contributed by atoms with Gasteiger partial charge in [0.15, 0.2) is 17.5 Å². The summed E-state index contributed by atoms with van der Waals surface area (Å²) < 4.78 is 8.43. The molecule has 0 aliphatic carbocycles. The zero-order chi connectivity index (χ0) is 22.5. The first-order chi connectivity index (χ1) is 15.6. The number of hydrogen-bond acceptors (Lipinski definition) is 7. The number of benzene rings is 2. The van der Waals surface area contributed by atoms with E-state index in [1.165, 1.54) is 35.3 Å². The number of carbonyl (C=O) groups excluding carboxylic acids is 2. The molecule has 2 heterocycles. The normalized spacial score (nSPS) is 10.7. The van der Waals surface area contributed by atoms with E-state index in [0.29, 0.717) is 21.6 Å². The molecule has 0 spiro atoms. The Morgan fingerprint density at radius 3 is 2.72 bits per heavy atom. The minimum Gasteiger partial charge on any atom is -0.451 e. The molecular weight excluding hydrogens is 452 g/mol. The largest absolute Gasteiger partial charge is 0.451 e. The van der Waals surface area contributed by atoms with Crippen LogP contribution >= 0.6 is 23.4 Å². The maximum absolute atomic E-state index is 12.7. The van der Waals surface area contributed by atoms with Crippen LogP contribution in [0.2, 0.25) is 5.02 Å². The standard InChI is InChI=1S/C21H17ClN6O3S/c1-32-21-24-10-18(28(21)15-5-3-2-4-6-15)20(30)31-11-19(29)26-16-9-14(22)7-8-17(16)27-13-23-12-25-27/h2-10,12-13H,11H2,1H3,(H,26,29). The molecule has 4 rings (SSSR count). The predicted octanol–water partition coefficient (Wildman–Crippen LogP) is 3.62. The summed E-state index contributed by atoms with van der Waals surface area (Å²) in [6.07, 6.45) is 6.16. The molecular formula is C21H17ClN6O3S. The molecule has 32 heavy (non-hydrogen) atoms. The Balaban J connectivity index is 1.48. The van der Waals surface area contributed by atoms with E-state index in [0.717, 1.165) is 5.69 Å². The molecule has 0 aliphatic rings. The lowest BCUT2D eigenvalue weighted by atomic mass is 10.2. The Labute approximate surface area is 192 Å². The minimum atomic E-state index is -0.667. The number of imidazole rings is 1. The van der Waals surface area contributed by atoms with Crippen LogP contribution in [-0.4, -0.2) is 49.1 Å². The summed E-state index contributed by atoms with van der Waals surface area (Å²) in [4.78, 5) is 33.4. The van der Waals surface area contributed by atoms with Crippen LogP contribution in [0.5, 0.6) is 0 Å². The molecule has 0 radical (unpaired) electrons. The maximum Gasteiger partial charge on any atom is 0.357 e. The second-order valence-electron chi connectivity index (χ2n) is 6.43. The second-order valence-corrected chi connectivity index (χ2v) is 7.64. The molecule has 9 nitrogen and oxygen atoms in total. The number of para-hydroxylation sites is 1. The topological polar surface area (TPSA) is 104 Å². The van der Waals surface area contributed by atoms with Gasteiger partial charge in [-0.2, -0.15) is 5.10 Å². The number of rotatable bonds is 7. The number of ether oxygens (including phenoxy) is 1. The molecule has 11 heteroatoms. The summed E-state index contributed by atoms with van der Waals surface area (Å²) in [6.45, 7) is -0.489. The van der Waals surface area contributed by atoms with Crippen molar-refractivity contribution in [2.75, 3.05) is 18.2 Å². The van der Waals surface area contributed by atoms with Gasteiger partial charge in [-0.3, -0.25) is 9.36 Å². The van der Waals surface area contributed by atoms with Crippen molar-refractivity contribution in [3.05, 3.63) is 78.1 Å². The number of hydrogen-bond donors (Lipinski definition) is 1. The minimum absolute atomic E-state index is 0.222. The molecule has 2 aromatic heterocycles. The summed E-state index contributed by atoms with van der Waals surface area (Å²) in [5.74, 6) is -1.20. The van der Waals surface area contributed by atoms with Crippen LogP contribution in [0.3, 0.4) is 0 Å². The molecule has 4 aromatic rings. The lowest BCUT2D eigenvalue weighted by Crippen LogP contribution is -2.22. The van der Waals surface area contributed by atoms with Crippen molar-refractivity contribution in [2.45, 2.75) is 5.16 Å².